The lowest BCUT2D eigenvalue weighted by Crippen LogP contribution is -2.03. The lowest BCUT2D eigenvalue weighted by atomic mass is 10.1. The molecular weight excluding hydrogens is 253 g/mol. The van der Waals surface area contributed by atoms with Gasteiger partial charge in [-0.3, -0.25) is 0 Å². The molecule has 3 nitrogen and oxygen atoms in total. The monoisotopic (exact) mass is 257 g/mol. The zero-order valence-electron chi connectivity index (χ0n) is 7.17. The van der Waals surface area contributed by atoms with Crippen molar-refractivity contribution in [3.8, 4) is 6.07 Å². The topological polar surface area (TPSA) is 50.1 Å². The second-order valence-electron chi connectivity index (χ2n) is 2.42. The molecule has 0 aliphatic carbocycles. The summed E-state index contributed by atoms with van der Waals surface area (Å²) in [4.78, 5) is 11.1. The first kappa shape index (κ1) is 10.7. The number of nitriles is 1. The van der Waals surface area contributed by atoms with E-state index in [1.165, 1.54) is 7.11 Å². The fourth-order valence-corrected chi connectivity index (χ4v) is 1.38. The molecule has 0 amide bonds. The molecule has 0 bridgehead atoms. The Labute approximate surface area is 88.2 Å². The van der Waals surface area contributed by atoms with Gasteiger partial charge in [0.2, 0.25) is 0 Å². The van der Waals surface area contributed by atoms with Crippen LogP contribution in [0.4, 0.5) is 4.39 Å². The highest BCUT2D eigenvalue weighted by molar-refractivity contribution is 9.10. The molecule has 0 N–H and O–H groups in total. The van der Waals surface area contributed by atoms with Gasteiger partial charge in [0.15, 0.2) is 0 Å². The summed E-state index contributed by atoms with van der Waals surface area (Å²) < 4.78 is 17.7. The summed E-state index contributed by atoms with van der Waals surface area (Å²) in [5.74, 6) is -1.29. The van der Waals surface area contributed by atoms with Crippen molar-refractivity contribution >= 4 is 21.9 Å². The van der Waals surface area contributed by atoms with E-state index in [1.807, 2.05) is 0 Å². The molecule has 14 heavy (non-hydrogen) atoms. The van der Waals surface area contributed by atoms with Crippen LogP contribution >= 0.6 is 15.9 Å². The van der Waals surface area contributed by atoms with Gasteiger partial charge in [0.1, 0.15) is 11.9 Å². The van der Waals surface area contributed by atoms with Crippen molar-refractivity contribution in [3.63, 3.8) is 0 Å². The molecule has 0 aliphatic rings. The van der Waals surface area contributed by atoms with E-state index >= 15 is 0 Å². The third kappa shape index (κ3) is 1.91. The normalized spacial score (nSPS) is 9.29. The molecule has 0 unspecified atom stereocenters. The van der Waals surface area contributed by atoms with E-state index in [1.54, 1.807) is 6.07 Å². The maximum Gasteiger partial charge on any atom is 0.339 e. The van der Waals surface area contributed by atoms with Crippen molar-refractivity contribution in [1.29, 1.82) is 5.26 Å². The highest BCUT2D eigenvalue weighted by Crippen LogP contribution is 2.21. The van der Waals surface area contributed by atoms with Crippen LogP contribution in [0.2, 0.25) is 0 Å². The van der Waals surface area contributed by atoms with Crippen molar-refractivity contribution in [3.05, 3.63) is 33.5 Å². The number of nitrogens with zero attached hydrogens (tertiary/aromatic N) is 1. The van der Waals surface area contributed by atoms with E-state index in [0.717, 1.165) is 12.1 Å². The molecule has 0 aliphatic heterocycles. The zero-order chi connectivity index (χ0) is 10.7. The molecule has 1 rings (SSSR count). The van der Waals surface area contributed by atoms with Gasteiger partial charge < -0.3 is 4.74 Å². The second kappa shape index (κ2) is 4.20. The predicted octanol–water partition coefficient (Wildman–Crippen LogP) is 2.25. The van der Waals surface area contributed by atoms with Gasteiger partial charge in [-0.25, -0.2) is 9.18 Å². The SMILES string of the molecule is COC(=O)c1cc(C#N)c(F)cc1Br. The number of carbonyl (C=O) groups is 1. The Bertz CT molecular complexity index is 426. The third-order valence-electron chi connectivity index (χ3n) is 1.58. The molecular formula is C9H5BrFNO2. The van der Waals surface area contributed by atoms with E-state index in [9.17, 15) is 9.18 Å². The molecule has 0 heterocycles. The maximum absolute atomic E-state index is 13.0. The van der Waals surface area contributed by atoms with Crippen LogP contribution in [0.1, 0.15) is 15.9 Å². The largest absolute Gasteiger partial charge is 0.465 e. The fraction of sp³-hybridized carbons (Fsp3) is 0.111. The van der Waals surface area contributed by atoms with E-state index < -0.39 is 11.8 Å². The van der Waals surface area contributed by atoms with Gasteiger partial charge in [-0.2, -0.15) is 5.26 Å². The molecule has 0 spiro atoms. The van der Waals surface area contributed by atoms with Crippen LogP contribution in [0.15, 0.2) is 16.6 Å². The van der Waals surface area contributed by atoms with Crippen LogP contribution < -0.4 is 0 Å². The average Bonchev–Trinajstić information content (AvgIpc) is 2.17. The van der Waals surface area contributed by atoms with Gasteiger partial charge in [-0.15, -0.1) is 0 Å². The van der Waals surface area contributed by atoms with Crippen LogP contribution in [0.3, 0.4) is 0 Å². The van der Waals surface area contributed by atoms with E-state index in [2.05, 4.69) is 20.7 Å². The Morgan fingerprint density at radius 1 is 1.64 bits per heavy atom. The molecule has 1 aromatic carbocycles. The summed E-state index contributed by atoms with van der Waals surface area (Å²) in [5.41, 5.74) is -0.0564. The molecule has 0 atom stereocenters. The minimum atomic E-state index is -0.674. The molecule has 0 saturated heterocycles. The van der Waals surface area contributed by atoms with Gasteiger partial charge in [0, 0.05) is 4.47 Å². The lowest BCUT2D eigenvalue weighted by molar-refractivity contribution is 0.0599. The Balaban J connectivity index is 3.33. The number of hydrogen-bond acceptors (Lipinski definition) is 3. The Morgan fingerprint density at radius 3 is 2.79 bits per heavy atom. The first-order valence-electron chi connectivity index (χ1n) is 3.57. The number of rotatable bonds is 1. The van der Waals surface area contributed by atoms with Crippen LogP contribution in [0.25, 0.3) is 0 Å². The number of carbonyl (C=O) groups excluding carboxylic acids is 1. The number of hydrogen-bond donors (Lipinski definition) is 0. The molecule has 0 fully saturated rings. The lowest BCUT2D eigenvalue weighted by Gasteiger charge is -2.03. The Kier molecular flexibility index (Phi) is 3.20. The standard InChI is InChI=1S/C9H5BrFNO2/c1-14-9(13)6-2-5(4-12)8(11)3-7(6)10/h2-3H,1H3. The van der Waals surface area contributed by atoms with Gasteiger partial charge in [0.05, 0.1) is 18.2 Å². The van der Waals surface area contributed by atoms with Crippen molar-refractivity contribution in [2.75, 3.05) is 7.11 Å². The summed E-state index contributed by atoms with van der Waals surface area (Å²) in [6.07, 6.45) is 0. The van der Waals surface area contributed by atoms with Crippen molar-refractivity contribution in [2.45, 2.75) is 0 Å². The zero-order valence-corrected chi connectivity index (χ0v) is 8.76. The quantitative estimate of drug-likeness (QED) is 0.726. The van der Waals surface area contributed by atoms with E-state index in [-0.39, 0.29) is 15.6 Å². The van der Waals surface area contributed by atoms with Crippen LogP contribution in [-0.2, 0) is 4.74 Å². The van der Waals surface area contributed by atoms with Gasteiger partial charge in [-0.05, 0) is 28.1 Å². The minimum Gasteiger partial charge on any atom is -0.465 e. The maximum atomic E-state index is 13.0. The fourth-order valence-electron chi connectivity index (χ4n) is 0.901. The number of benzene rings is 1. The molecule has 0 radical (unpaired) electrons. The van der Waals surface area contributed by atoms with Crippen molar-refractivity contribution in [2.24, 2.45) is 0 Å². The third-order valence-corrected chi connectivity index (χ3v) is 2.24. The van der Waals surface area contributed by atoms with Gasteiger partial charge >= 0.3 is 5.97 Å². The van der Waals surface area contributed by atoms with E-state index in [0.29, 0.717) is 0 Å². The van der Waals surface area contributed by atoms with Crippen LogP contribution in [0, 0.1) is 17.1 Å². The van der Waals surface area contributed by atoms with Crippen LogP contribution in [-0.4, -0.2) is 13.1 Å². The number of ether oxygens (including phenoxy) is 1. The summed E-state index contributed by atoms with van der Waals surface area (Å²) in [7, 11) is 1.21. The summed E-state index contributed by atoms with van der Waals surface area (Å²) >= 11 is 3.00. The number of esters is 1. The first-order valence-corrected chi connectivity index (χ1v) is 4.37. The highest BCUT2D eigenvalue weighted by Gasteiger charge is 2.14. The molecule has 0 aromatic heterocycles. The Hall–Kier alpha value is -1.41. The number of halogens is 2. The first-order chi connectivity index (χ1) is 6.60. The van der Waals surface area contributed by atoms with Gasteiger partial charge in [-0.1, -0.05) is 0 Å². The summed E-state index contributed by atoms with van der Waals surface area (Å²) in [6, 6.07) is 3.84. The van der Waals surface area contributed by atoms with E-state index in [4.69, 9.17) is 5.26 Å². The predicted molar refractivity (Wildman–Crippen MR) is 50.2 cm³/mol. The molecule has 72 valence electrons. The summed E-state index contributed by atoms with van der Waals surface area (Å²) in [5, 5.41) is 8.53. The highest BCUT2D eigenvalue weighted by atomic mass is 79.9. The smallest absolute Gasteiger partial charge is 0.339 e. The van der Waals surface area contributed by atoms with Crippen LogP contribution in [0.5, 0.6) is 0 Å². The number of methoxy groups -OCH3 is 1. The van der Waals surface area contributed by atoms with Crippen molar-refractivity contribution in [1.82, 2.24) is 0 Å². The second-order valence-corrected chi connectivity index (χ2v) is 3.27. The van der Waals surface area contributed by atoms with Gasteiger partial charge in [0.25, 0.3) is 0 Å². The summed E-state index contributed by atoms with van der Waals surface area (Å²) in [6.45, 7) is 0. The average molecular weight is 258 g/mol. The molecule has 0 saturated carbocycles. The Morgan fingerprint density at radius 2 is 2.29 bits per heavy atom. The molecule has 1 aromatic rings. The molecule has 5 heteroatoms. The van der Waals surface area contributed by atoms with Crippen molar-refractivity contribution < 1.29 is 13.9 Å². The minimum absolute atomic E-state index is 0.130.